The fourth-order valence-corrected chi connectivity index (χ4v) is 2.11. The number of nitrogens with two attached hydrogens (primary N) is 1. The molecule has 0 rings (SSSR count). The van der Waals surface area contributed by atoms with Crippen LogP contribution >= 0.6 is 0 Å². The Balaban J connectivity index is 3.71. The van der Waals surface area contributed by atoms with Crippen LogP contribution in [0, 0.1) is 0 Å². The van der Waals surface area contributed by atoms with Crippen LogP contribution in [0.15, 0.2) is 0 Å². The van der Waals surface area contributed by atoms with Crippen LogP contribution in [0.4, 0.5) is 0 Å². The third-order valence-corrected chi connectivity index (χ3v) is 4.50. The van der Waals surface area contributed by atoms with Crippen LogP contribution in [-0.4, -0.2) is 23.8 Å². The molecule has 0 aromatic heterocycles. The smallest absolute Gasteiger partial charge is 0.349 e. The van der Waals surface area contributed by atoms with Crippen molar-refractivity contribution in [1.82, 2.24) is 0 Å². The summed E-state index contributed by atoms with van der Waals surface area (Å²) in [7, 11) is -3.04. The zero-order valence-corrected chi connectivity index (χ0v) is 8.38. The fraction of sp³-hybridized carbons (Fsp3) is 1.00. The first-order valence-electron chi connectivity index (χ1n) is 4.25. The van der Waals surface area contributed by atoms with Gasteiger partial charge >= 0.3 is 8.56 Å². The molecule has 4 N–H and O–H groups in total. The van der Waals surface area contributed by atoms with Crippen molar-refractivity contribution in [1.29, 1.82) is 0 Å². The third-order valence-electron chi connectivity index (χ3n) is 1.98. The number of hydrogen-bond acceptors (Lipinski definition) is 3. The van der Waals surface area contributed by atoms with Crippen molar-refractivity contribution in [3.8, 4) is 0 Å². The first-order chi connectivity index (χ1) is 5.04. The Hall–Kier alpha value is 0.0969. The van der Waals surface area contributed by atoms with Crippen molar-refractivity contribution in [2.75, 3.05) is 0 Å². The minimum atomic E-state index is -3.04. The van der Waals surface area contributed by atoms with E-state index in [1.165, 1.54) is 0 Å². The molecule has 0 radical (unpaired) electrons. The molecule has 0 heterocycles. The summed E-state index contributed by atoms with van der Waals surface area (Å²) in [4.78, 5) is 18.8. The van der Waals surface area contributed by atoms with E-state index >= 15 is 0 Å². The Bertz CT molecular complexity index is 109. The molecule has 3 nitrogen and oxygen atoms in total. The van der Waals surface area contributed by atoms with Crippen molar-refractivity contribution < 1.29 is 9.59 Å². The van der Waals surface area contributed by atoms with Gasteiger partial charge in [-0.05, 0) is 12.5 Å². The summed E-state index contributed by atoms with van der Waals surface area (Å²) < 4.78 is 0. The molecule has 1 unspecified atom stereocenters. The van der Waals surface area contributed by atoms with E-state index in [2.05, 4.69) is 6.92 Å². The van der Waals surface area contributed by atoms with Crippen LogP contribution in [0.1, 0.15) is 33.1 Å². The van der Waals surface area contributed by atoms with Crippen LogP contribution in [0.5, 0.6) is 0 Å². The predicted molar refractivity (Wildman–Crippen MR) is 48.2 cm³/mol. The molecule has 0 amide bonds. The molecular formula is C7H19NO2Si. The van der Waals surface area contributed by atoms with Crippen molar-refractivity contribution in [3.63, 3.8) is 0 Å². The zero-order valence-electron chi connectivity index (χ0n) is 7.38. The maximum Gasteiger partial charge on any atom is 0.349 e. The molecule has 0 spiro atoms. The molecule has 0 aliphatic heterocycles. The van der Waals surface area contributed by atoms with E-state index in [0.29, 0.717) is 6.04 Å². The maximum atomic E-state index is 9.39. The predicted octanol–water partition coefficient (Wildman–Crippen LogP) is 0.490. The summed E-state index contributed by atoms with van der Waals surface area (Å²) in [5, 5.41) is 0. The highest BCUT2D eigenvalue weighted by molar-refractivity contribution is 6.66. The SMILES string of the molecule is CCCCC(N)[Si](O)(O)CC. The van der Waals surface area contributed by atoms with Gasteiger partial charge in [-0.2, -0.15) is 0 Å². The van der Waals surface area contributed by atoms with Crippen LogP contribution in [-0.2, 0) is 0 Å². The Morgan fingerprint density at radius 2 is 1.91 bits per heavy atom. The second-order valence-electron chi connectivity index (χ2n) is 2.98. The average Bonchev–Trinajstić information content (AvgIpc) is 2.00. The third kappa shape index (κ3) is 3.86. The average molecular weight is 177 g/mol. The van der Waals surface area contributed by atoms with Gasteiger partial charge in [0.05, 0.1) is 0 Å². The Kier molecular flexibility index (Phi) is 4.91. The van der Waals surface area contributed by atoms with E-state index in [4.69, 9.17) is 5.73 Å². The van der Waals surface area contributed by atoms with Crippen LogP contribution in [0.3, 0.4) is 0 Å². The van der Waals surface area contributed by atoms with Gasteiger partial charge in [0.15, 0.2) is 0 Å². The summed E-state index contributed by atoms with van der Waals surface area (Å²) in [6.45, 7) is 3.84. The maximum absolute atomic E-state index is 9.39. The molecule has 68 valence electrons. The van der Waals surface area contributed by atoms with Gasteiger partial charge in [-0.25, -0.2) is 0 Å². The molecule has 4 heteroatoms. The van der Waals surface area contributed by atoms with E-state index in [9.17, 15) is 9.59 Å². The van der Waals surface area contributed by atoms with E-state index in [0.717, 1.165) is 19.3 Å². The van der Waals surface area contributed by atoms with Crippen molar-refractivity contribution in [2.45, 2.75) is 44.8 Å². The molecule has 0 saturated heterocycles. The second kappa shape index (κ2) is 4.87. The van der Waals surface area contributed by atoms with E-state index in [-0.39, 0.29) is 5.67 Å². The highest BCUT2D eigenvalue weighted by Crippen LogP contribution is 2.10. The lowest BCUT2D eigenvalue weighted by Crippen LogP contribution is -2.52. The molecule has 0 aromatic rings. The quantitative estimate of drug-likeness (QED) is 0.535. The van der Waals surface area contributed by atoms with Crippen LogP contribution in [0.25, 0.3) is 0 Å². The lowest BCUT2D eigenvalue weighted by molar-refractivity contribution is 0.335. The van der Waals surface area contributed by atoms with E-state index < -0.39 is 8.56 Å². The fourth-order valence-electron chi connectivity index (χ4n) is 0.917. The summed E-state index contributed by atoms with van der Waals surface area (Å²) >= 11 is 0. The van der Waals surface area contributed by atoms with Gasteiger partial charge in [0.2, 0.25) is 0 Å². The van der Waals surface area contributed by atoms with Crippen molar-refractivity contribution in [2.24, 2.45) is 5.73 Å². The highest BCUT2D eigenvalue weighted by atomic mass is 28.4. The second-order valence-corrected chi connectivity index (χ2v) is 6.19. The molecule has 0 aliphatic rings. The molecule has 0 aromatic carbocycles. The lowest BCUT2D eigenvalue weighted by atomic mass is 10.2. The highest BCUT2D eigenvalue weighted by Gasteiger charge is 2.34. The molecular weight excluding hydrogens is 158 g/mol. The van der Waals surface area contributed by atoms with Gasteiger partial charge in [-0.1, -0.05) is 26.7 Å². The zero-order chi connectivity index (χ0) is 8.91. The molecule has 11 heavy (non-hydrogen) atoms. The molecule has 0 bridgehead atoms. The van der Waals surface area contributed by atoms with Gasteiger partial charge in [0.25, 0.3) is 0 Å². The van der Waals surface area contributed by atoms with Gasteiger partial charge in [0, 0.05) is 5.67 Å². The molecule has 0 aliphatic carbocycles. The Morgan fingerprint density at radius 3 is 2.27 bits per heavy atom. The monoisotopic (exact) mass is 177 g/mol. The Labute approximate surface area is 69.5 Å². The van der Waals surface area contributed by atoms with E-state index in [1.54, 1.807) is 6.92 Å². The first kappa shape index (κ1) is 11.1. The first-order valence-corrected chi connectivity index (χ1v) is 6.42. The van der Waals surface area contributed by atoms with Crippen molar-refractivity contribution >= 4 is 8.56 Å². The minimum Gasteiger partial charge on any atom is -0.410 e. The van der Waals surface area contributed by atoms with Crippen LogP contribution < -0.4 is 5.73 Å². The van der Waals surface area contributed by atoms with Gasteiger partial charge in [-0.15, -0.1) is 0 Å². The van der Waals surface area contributed by atoms with Crippen molar-refractivity contribution in [3.05, 3.63) is 0 Å². The summed E-state index contributed by atoms with van der Waals surface area (Å²) in [6, 6.07) is 0.428. The van der Waals surface area contributed by atoms with Gasteiger partial charge in [-0.3, -0.25) is 0 Å². The van der Waals surface area contributed by atoms with E-state index in [1.807, 2.05) is 0 Å². The standard InChI is InChI=1S/C7H19NO2Si/c1-3-5-6-7(8)11(9,10)4-2/h7,9-10H,3-6,8H2,1-2H3. The van der Waals surface area contributed by atoms with Gasteiger partial charge < -0.3 is 15.3 Å². The molecule has 0 saturated carbocycles. The van der Waals surface area contributed by atoms with Gasteiger partial charge in [0.1, 0.15) is 0 Å². The normalized spacial score (nSPS) is 15.0. The van der Waals surface area contributed by atoms with Crippen LogP contribution in [0.2, 0.25) is 6.04 Å². The summed E-state index contributed by atoms with van der Waals surface area (Å²) in [5.74, 6) is 0. The number of hydrogen-bond donors (Lipinski definition) is 3. The lowest BCUT2D eigenvalue weighted by Gasteiger charge is -2.22. The number of unbranched alkanes of at least 4 members (excludes halogenated alkanes) is 1. The Morgan fingerprint density at radius 1 is 1.36 bits per heavy atom. The topological polar surface area (TPSA) is 66.5 Å². The molecule has 0 fully saturated rings. The largest absolute Gasteiger partial charge is 0.410 e. The summed E-state index contributed by atoms with van der Waals surface area (Å²) in [5.41, 5.74) is 5.24. The number of rotatable bonds is 5. The molecule has 1 atom stereocenters. The summed E-state index contributed by atoms with van der Waals surface area (Å²) in [6.07, 6.45) is 2.78. The minimum absolute atomic E-state index is 0.368.